The molecule has 1 fully saturated rings. The highest BCUT2D eigenvalue weighted by atomic mass is 16.1. The third-order valence-electron chi connectivity index (χ3n) is 2.32. The summed E-state index contributed by atoms with van der Waals surface area (Å²) in [5.41, 5.74) is 6.89. The highest BCUT2D eigenvalue weighted by Crippen LogP contribution is 2.17. The van der Waals surface area contributed by atoms with Crippen LogP contribution in [0.15, 0.2) is 0 Å². The van der Waals surface area contributed by atoms with Crippen molar-refractivity contribution >= 4 is 5.91 Å². The van der Waals surface area contributed by atoms with Gasteiger partial charge >= 0.3 is 0 Å². The summed E-state index contributed by atoms with van der Waals surface area (Å²) in [6.45, 7) is 0.207. The molecule has 0 spiro atoms. The fraction of sp³-hybridized carbons (Fsp3) is 0.889. The predicted molar refractivity (Wildman–Crippen MR) is 47.6 cm³/mol. The largest absolute Gasteiger partial charge is 0.353 e. The molecule has 1 amide bonds. The highest BCUT2D eigenvalue weighted by Gasteiger charge is 2.14. The Morgan fingerprint density at radius 3 is 2.58 bits per heavy atom. The molecule has 1 aliphatic rings. The van der Waals surface area contributed by atoms with Crippen molar-refractivity contribution in [3.8, 4) is 0 Å². The van der Waals surface area contributed by atoms with E-state index in [0.29, 0.717) is 12.5 Å². The Labute approximate surface area is 73.7 Å². The summed E-state index contributed by atoms with van der Waals surface area (Å²) < 4.78 is 0. The van der Waals surface area contributed by atoms with Crippen LogP contribution in [0.1, 0.15) is 38.5 Å². The first-order valence-corrected chi connectivity index (χ1v) is 4.77. The van der Waals surface area contributed by atoms with E-state index in [1.165, 1.54) is 19.3 Å². The smallest absolute Gasteiger partial charge is 0.221 e. The van der Waals surface area contributed by atoms with Gasteiger partial charge in [-0.3, -0.25) is 10.5 Å². The normalized spacial score (nSPS) is 19.1. The quantitative estimate of drug-likeness (QED) is 0.676. The molecular formula is C9H17N2O. The van der Waals surface area contributed by atoms with E-state index < -0.39 is 0 Å². The van der Waals surface area contributed by atoms with Gasteiger partial charge in [0, 0.05) is 19.0 Å². The van der Waals surface area contributed by atoms with Gasteiger partial charge < -0.3 is 5.32 Å². The molecule has 0 aromatic rings. The number of hydrogen-bond donors (Lipinski definition) is 1. The average Bonchev–Trinajstić information content (AvgIpc) is 2.06. The number of hydrogen-bond acceptors (Lipinski definition) is 1. The zero-order valence-corrected chi connectivity index (χ0v) is 7.44. The Hall–Kier alpha value is -0.570. The first-order chi connectivity index (χ1) is 5.83. The van der Waals surface area contributed by atoms with Crippen LogP contribution < -0.4 is 11.1 Å². The van der Waals surface area contributed by atoms with Crippen molar-refractivity contribution in [2.45, 2.75) is 44.6 Å². The zero-order valence-electron chi connectivity index (χ0n) is 7.44. The molecule has 69 valence electrons. The van der Waals surface area contributed by atoms with E-state index in [0.717, 1.165) is 12.8 Å². The number of rotatable bonds is 3. The summed E-state index contributed by atoms with van der Waals surface area (Å²) in [6.07, 6.45) is 6.41. The van der Waals surface area contributed by atoms with Crippen LogP contribution in [-0.4, -0.2) is 18.5 Å². The lowest BCUT2D eigenvalue weighted by atomic mass is 9.95. The first-order valence-electron chi connectivity index (χ1n) is 4.77. The topological polar surface area (TPSA) is 52.9 Å². The van der Waals surface area contributed by atoms with Crippen LogP contribution in [0.25, 0.3) is 0 Å². The summed E-state index contributed by atoms with van der Waals surface area (Å²) in [5, 5.41) is 2.96. The third-order valence-corrected chi connectivity index (χ3v) is 2.32. The van der Waals surface area contributed by atoms with Crippen molar-refractivity contribution in [2.75, 3.05) is 6.54 Å². The molecule has 12 heavy (non-hydrogen) atoms. The van der Waals surface area contributed by atoms with Crippen LogP contribution in [0.2, 0.25) is 0 Å². The van der Waals surface area contributed by atoms with Crippen LogP contribution in [-0.2, 0) is 4.79 Å². The van der Waals surface area contributed by atoms with Crippen molar-refractivity contribution in [1.29, 1.82) is 0 Å². The van der Waals surface area contributed by atoms with E-state index in [1.807, 2.05) is 0 Å². The van der Waals surface area contributed by atoms with E-state index in [4.69, 9.17) is 5.73 Å². The molecule has 1 saturated carbocycles. The molecule has 2 N–H and O–H groups in total. The molecule has 0 atom stereocenters. The minimum Gasteiger partial charge on any atom is -0.353 e. The molecule has 1 radical (unpaired) electrons. The second-order valence-corrected chi connectivity index (χ2v) is 3.40. The maximum absolute atomic E-state index is 11.1. The van der Waals surface area contributed by atoms with Crippen molar-refractivity contribution in [3.05, 3.63) is 0 Å². The van der Waals surface area contributed by atoms with Gasteiger partial charge in [-0.05, 0) is 12.8 Å². The second-order valence-electron chi connectivity index (χ2n) is 3.40. The van der Waals surface area contributed by atoms with Crippen LogP contribution in [0.3, 0.4) is 0 Å². The fourth-order valence-corrected chi connectivity index (χ4v) is 1.66. The standard InChI is InChI=1S/C9H17N2O/c10-7-6-9(12)11-8-4-2-1-3-5-8/h8,10H,1-7H2,(H,11,12). The van der Waals surface area contributed by atoms with E-state index in [1.54, 1.807) is 0 Å². The van der Waals surface area contributed by atoms with Crippen LogP contribution in [0.4, 0.5) is 0 Å². The number of carbonyl (C=O) groups excluding carboxylic acids is 1. The Balaban J connectivity index is 2.15. The van der Waals surface area contributed by atoms with E-state index in [9.17, 15) is 4.79 Å². The van der Waals surface area contributed by atoms with Gasteiger partial charge in [0.15, 0.2) is 0 Å². The summed E-state index contributed by atoms with van der Waals surface area (Å²) >= 11 is 0. The molecule has 0 heterocycles. The summed E-state index contributed by atoms with van der Waals surface area (Å²) in [4.78, 5) is 11.1. The number of carbonyl (C=O) groups is 1. The molecular weight excluding hydrogens is 152 g/mol. The van der Waals surface area contributed by atoms with Crippen molar-refractivity contribution in [2.24, 2.45) is 0 Å². The van der Waals surface area contributed by atoms with Gasteiger partial charge in [0.25, 0.3) is 0 Å². The average molecular weight is 169 g/mol. The number of amides is 1. The second kappa shape index (κ2) is 5.14. The van der Waals surface area contributed by atoms with Gasteiger partial charge in [-0.2, -0.15) is 0 Å². The Morgan fingerprint density at radius 2 is 2.00 bits per heavy atom. The van der Waals surface area contributed by atoms with Gasteiger partial charge in [0.2, 0.25) is 5.91 Å². The number of nitrogens with one attached hydrogen (secondary N) is 2. The van der Waals surface area contributed by atoms with Gasteiger partial charge in [0.1, 0.15) is 0 Å². The van der Waals surface area contributed by atoms with Crippen molar-refractivity contribution < 1.29 is 4.79 Å². The van der Waals surface area contributed by atoms with E-state index in [2.05, 4.69) is 5.32 Å². The lowest BCUT2D eigenvalue weighted by Crippen LogP contribution is -2.36. The summed E-state index contributed by atoms with van der Waals surface area (Å²) in [5.74, 6) is 0.0527. The Kier molecular flexibility index (Phi) is 4.08. The highest BCUT2D eigenvalue weighted by molar-refractivity contribution is 5.76. The third kappa shape index (κ3) is 3.22. The Bertz CT molecular complexity index is 141. The maximum Gasteiger partial charge on any atom is 0.221 e. The molecule has 1 rings (SSSR count). The van der Waals surface area contributed by atoms with E-state index in [-0.39, 0.29) is 12.5 Å². The maximum atomic E-state index is 11.1. The lowest BCUT2D eigenvalue weighted by molar-refractivity contribution is -0.121. The summed E-state index contributed by atoms with van der Waals surface area (Å²) in [7, 11) is 0. The van der Waals surface area contributed by atoms with Gasteiger partial charge in [-0.25, -0.2) is 0 Å². The van der Waals surface area contributed by atoms with Gasteiger partial charge in [-0.1, -0.05) is 19.3 Å². The molecule has 0 aromatic heterocycles. The minimum absolute atomic E-state index is 0.0527. The first kappa shape index (κ1) is 9.52. The van der Waals surface area contributed by atoms with Crippen molar-refractivity contribution in [1.82, 2.24) is 11.1 Å². The molecule has 1 aliphatic carbocycles. The molecule has 3 nitrogen and oxygen atoms in total. The van der Waals surface area contributed by atoms with Gasteiger partial charge in [0.05, 0.1) is 0 Å². The fourth-order valence-electron chi connectivity index (χ4n) is 1.66. The zero-order chi connectivity index (χ0) is 8.81. The SMILES string of the molecule is [NH]CCC(=O)NC1CCCCC1. The predicted octanol–water partition coefficient (Wildman–Crippen LogP) is 1.11. The van der Waals surface area contributed by atoms with Gasteiger partial charge in [-0.15, -0.1) is 0 Å². The molecule has 0 unspecified atom stereocenters. The monoisotopic (exact) mass is 169 g/mol. The molecule has 3 heteroatoms. The van der Waals surface area contributed by atoms with Crippen LogP contribution in [0.5, 0.6) is 0 Å². The van der Waals surface area contributed by atoms with E-state index >= 15 is 0 Å². The molecule has 0 aromatic carbocycles. The van der Waals surface area contributed by atoms with Crippen LogP contribution in [0, 0.1) is 0 Å². The van der Waals surface area contributed by atoms with Crippen LogP contribution >= 0.6 is 0 Å². The van der Waals surface area contributed by atoms with Crippen molar-refractivity contribution in [3.63, 3.8) is 0 Å². The molecule has 0 saturated heterocycles. The molecule has 0 aliphatic heterocycles. The lowest BCUT2D eigenvalue weighted by Gasteiger charge is -2.22. The Morgan fingerprint density at radius 1 is 1.33 bits per heavy atom. The summed E-state index contributed by atoms with van der Waals surface area (Å²) in [6, 6.07) is 0.401. The molecule has 0 bridgehead atoms. The minimum atomic E-state index is 0.0527.